The van der Waals surface area contributed by atoms with Gasteiger partial charge in [-0.25, -0.2) is 14.0 Å². The summed E-state index contributed by atoms with van der Waals surface area (Å²) in [5, 5.41) is 16.4. The Morgan fingerprint density at radius 3 is 2.57 bits per heavy atom. The number of aromatic nitrogens is 2. The van der Waals surface area contributed by atoms with E-state index in [-0.39, 0.29) is 17.0 Å². The van der Waals surface area contributed by atoms with Crippen LogP contribution in [0.25, 0.3) is 33.4 Å². The molecule has 0 radical (unpaired) electrons. The smallest absolute Gasteiger partial charge is 0.412 e. The number of hydrogen-bond donors (Lipinski definition) is 3. The predicted octanol–water partition coefficient (Wildman–Crippen LogP) is 6.95. The second kappa shape index (κ2) is 9.62. The third-order valence-electron chi connectivity index (χ3n) is 6.10. The molecule has 0 aliphatic carbocycles. The number of carboxylic acids is 1. The van der Waals surface area contributed by atoms with Crippen molar-refractivity contribution in [1.29, 1.82) is 0 Å². The minimum absolute atomic E-state index is 0.148. The SMILES string of the molecule is Cc1noc(-c2ccc(-c3ccc4c(C(=O)O)c[nH]c4c3)c(F)c2)c1NC(=O)OC(C)c1ccccc1. The van der Waals surface area contributed by atoms with E-state index in [0.29, 0.717) is 33.3 Å². The van der Waals surface area contributed by atoms with Crippen molar-refractivity contribution < 1.29 is 28.3 Å². The minimum Gasteiger partial charge on any atom is -0.478 e. The van der Waals surface area contributed by atoms with E-state index < -0.39 is 24.0 Å². The molecule has 37 heavy (non-hydrogen) atoms. The fourth-order valence-electron chi connectivity index (χ4n) is 4.16. The van der Waals surface area contributed by atoms with Gasteiger partial charge in [-0.1, -0.05) is 59.8 Å². The van der Waals surface area contributed by atoms with Crippen LogP contribution in [0.4, 0.5) is 14.9 Å². The largest absolute Gasteiger partial charge is 0.478 e. The fourth-order valence-corrected chi connectivity index (χ4v) is 4.16. The Balaban J connectivity index is 1.39. The maximum absolute atomic E-state index is 15.2. The van der Waals surface area contributed by atoms with E-state index in [1.807, 2.05) is 30.3 Å². The van der Waals surface area contributed by atoms with E-state index in [4.69, 9.17) is 9.26 Å². The lowest BCUT2D eigenvalue weighted by molar-refractivity contribution is 0.0699. The lowest BCUT2D eigenvalue weighted by Gasteiger charge is -2.14. The molecular weight excluding hydrogens is 477 g/mol. The van der Waals surface area contributed by atoms with Crippen molar-refractivity contribution in [1.82, 2.24) is 10.1 Å². The van der Waals surface area contributed by atoms with Crippen LogP contribution in [-0.2, 0) is 4.74 Å². The van der Waals surface area contributed by atoms with Crippen LogP contribution in [0.5, 0.6) is 0 Å². The molecular formula is C28H22FN3O5. The maximum Gasteiger partial charge on any atom is 0.412 e. The minimum atomic E-state index is -1.04. The molecule has 0 aliphatic rings. The highest BCUT2D eigenvalue weighted by atomic mass is 19.1. The van der Waals surface area contributed by atoms with Crippen molar-refractivity contribution in [2.45, 2.75) is 20.0 Å². The van der Waals surface area contributed by atoms with Crippen LogP contribution in [-0.4, -0.2) is 27.3 Å². The Morgan fingerprint density at radius 1 is 1.08 bits per heavy atom. The van der Waals surface area contributed by atoms with Gasteiger partial charge in [0, 0.05) is 28.2 Å². The molecule has 2 heterocycles. The number of rotatable bonds is 6. The van der Waals surface area contributed by atoms with E-state index in [1.54, 1.807) is 44.2 Å². The zero-order chi connectivity index (χ0) is 26.1. The predicted molar refractivity (Wildman–Crippen MR) is 136 cm³/mol. The molecule has 0 saturated carbocycles. The van der Waals surface area contributed by atoms with Crippen molar-refractivity contribution in [2.24, 2.45) is 0 Å². The number of aromatic amines is 1. The average molecular weight is 499 g/mol. The van der Waals surface area contributed by atoms with Gasteiger partial charge in [-0.2, -0.15) is 0 Å². The Bertz CT molecular complexity index is 1620. The topological polar surface area (TPSA) is 117 Å². The summed E-state index contributed by atoms with van der Waals surface area (Å²) in [4.78, 5) is 26.8. The number of nitrogens with one attached hydrogen (secondary N) is 2. The lowest BCUT2D eigenvalue weighted by Crippen LogP contribution is -2.16. The maximum atomic E-state index is 15.2. The van der Waals surface area contributed by atoms with Crippen molar-refractivity contribution in [2.75, 3.05) is 5.32 Å². The molecule has 2 aromatic heterocycles. The monoisotopic (exact) mass is 499 g/mol. The summed E-state index contributed by atoms with van der Waals surface area (Å²) in [5.41, 5.74) is 3.53. The number of aromatic carboxylic acids is 1. The Labute approximate surface area is 210 Å². The van der Waals surface area contributed by atoms with Crippen molar-refractivity contribution in [3.8, 4) is 22.5 Å². The molecule has 0 fully saturated rings. The molecule has 1 amide bonds. The van der Waals surface area contributed by atoms with Gasteiger partial charge in [0.1, 0.15) is 23.3 Å². The van der Waals surface area contributed by atoms with E-state index in [2.05, 4.69) is 15.5 Å². The van der Waals surface area contributed by atoms with Gasteiger partial charge in [-0.05, 0) is 37.1 Å². The first-order chi connectivity index (χ1) is 17.8. The van der Waals surface area contributed by atoms with Gasteiger partial charge in [0.15, 0.2) is 5.76 Å². The third kappa shape index (κ3) is 4.66. The van der Waals surface area contributed by atoms with Crippen molar-refractivity contribution in [3.05, 3.63) is 95.6 Å². The molecule has 3 N–H and O–H groups in total. The number of benzene rings is 3. The zero-order valence-corrected chi connectivity index (χ0v) is 19.9. The van der Waals surface area contributed by atoms with E-state index >= 15 is 4.39 Å². The molecule has 9 heteroatoms. The van der Waals surface area contributed by atoms with Crippen molar-refractivity contribution >= 4 is 28.7 Å². The molecule has 5 aromatic rings. The van der Waals surface area contributed by atoms with Gasteiger partial charge in [0.05, 0.1) is 5.56 Å². The number of anilines is 1. The fraction of sp³-hybridized carbons (Fsp3) is 0.107. The summed E-state index contributed by atoms with van der Waals surface area (Å²) in [7, 11) is 0. The Hall–Kier alpha value is -4.92. The third-order valence-corrected chi connectivity index (χ3v) is 6.10. The van der Waals surface area contributed by atoms with Gasteiger partial charge in [-0.3, -0.25) is 5.32 Å². The quantitative estimate of drug-likeness (QED) is 0.233. The normalized spacial score (nSPS) is 11.9. The Morgan fingerprint density at radius 2 is 1.84 bits per heavy atom. The first kappa shape index (κ1) is 23.8. The van der Waals surface area contributed by atoms with Gasteiger partial charge < -0.3 is 19.4 Å². The van der Waals surface area contributed by atoms with Crippen LogP contribution in [0.2, 0.25) is 0 Å². The second-order valence-electron chi connectivity index (χ2n) is 8.52. The van der Waals surface area contributed by atoms with Crippen LogP contribution in [0.1, 0.15) is 34.6 Å². The number of fused-ring (bicyclic) bond motifs is 1. The number of ether oxygens (including phenoxy) is 1. The summed E-state index contributed by atoms with van der Waals surface area (Å²) in [6.45, 7) is 3.42. The number of amides is 1. The molecule has 1 atom stereocenters. The van der Waals surface area contributed by atoms with Crippen LogP contribution < -0.4 is 5.32 Å². The molecule has 0 spiro atoms. The lowest BCUT2D eigenvalue weighted by atomic mass is 10.00. The van der Waals surface area contributed by atoms with Crippen LogP contribution in [0.3, 0.4) is 0 Å². The van der Waals surface area contributed by atoms with Gasteiger partial charge in [-0.15, -0.1) is 0 Å². The van der Waals surface area contributed by atoms with Gasteiger partial charge in [0.2, 0.25) is 0 Å². The van der Waals surface area contributed by atoms with Gasteiger partial charge >= 0.3 is 12.1 Å². The number of carbonyl (C=O) groups excluding carboxylic acids is 1. The van der Waals surface area contributed by atoms with Crippen molar-refractivity contribution in [3.63, 3.8) is 0 Å². The van der Waals surface area contributed by atoms with Crippen LogP contribution in [0.15, 0.2) is 77.4 Å². The highest BCUT2D eigenvalue weighted by Crippen LogP contribution is 2.35. The summed E-state index contributed by atoms with van der Waals surface area (Å²) >= 11 is 0. The highest BCUT2D eigenvalue weighted by molar-refractivity contribution is 6.04. The zero-order valence-electron chi connectivity index (χ0n) is 19.9. The first-order valence-electron chi connectivity index (χ1n) is 11.5. The highest BCUT2D eigenvalue weighted by Gasteiger charge is 2.21. The van der Waals surface area contributed by atoms with E-state index in [1.165, 1.54) is 12.3 Å². The average Bonchev–Trinajstić information content (AvgIpc) is 3.47. The molecule has 1 unspecified atom stereocenters. The van der Waals surface area contributed by atoms with E-state index in [0.717, 1.165) is 5.56 Å². The number of carbonyl (C=O) groups is 2. The summed E-state index contributed by atoms with van der Waals surface area (Å²) in [5.74, 6) is -1.37. The number of aryl methyl sites for hydroxylation is 1. The van der Waals surface area contributed by atoms with Crippen LogP contribution in [0, 0.1) is 12.7 Å². The summed E-state index contributed by atoms with van der Waals surface area (Å²) < 4.78 is 26.1. The molecule has 0 aliphatic heterocycles. The summed E-state index contributed by atoms with van der Waals surface area (Å²) in [6.07, 6.45) is 0.230. The molecule has 5 rings (SSSR count). The number of hydrogen-bond acceptors (Lipinski definition) is 5. The molecule has 8 nitrogen and oxygen atoms in total. The standard InChI is InChI=1S/C28H22FN3O5/c1-15-25(31-28(35)36-16(2)17-6-4-3-5-7-17)26(37-32-15)19-9-10-20(23(29)12-19)18-8-11-21-22(27(33)34)14-30-24(21)13-18/h3-14,16,30H,1-2H3,(H,31,35)(H,33,34). The van der Waals surface area contributed by atoms with E-state index in [9.17, 15) is 14.7 Å². The van der Waals surface area contributed by atoms with Gasteiger partial charge in [0.25, 0.3) is 0 Å². The summed E-state index contributed by atoms with van der Waals surface area (Å²) in [6, 6.07) is 18.8. The number of halogens is 1. The number of carboxylic acid groups (broad SMARTS) is 1. The second-order valence-corrected chi connectivity index (χ2v) is 8.52. The molecule has 186 valence electrons. The van der Waals surface area contributed by atoms with Crippen LogP contribution >= 0.6 is 0 Å². The Kier molecular flexibility index (Phi) is 6.19. The number of nitrogens with zero attached hydrogens (tertiary/aromatic N) is 1. The molecule has 0 bridgehead atoms. The molecule has 3 aromatic carbocycles. The first-order valence-corrected chi connectivity index (χ1v) is 11.5. The number of H-pyrrole nitrogens is 1. The molecule has 0 saturated heterocycles.